The van der Waals surface area contributed by atoms with Crippen LogP contribution in [0.25, 0.3) is 0 Å². The SMILES string of the molecule is CC1=C(/C=C/C(C)=C/C=C/C(C)=C/C=C/C=C(C)/C=C/C=C(C)/C=C/C=C(\C)CO)C(C)(C)CCC1. The van der Waals surface area contributed by atoms with Crippen molar-refractivity contribution in [1.29, 1.82) is 0 Å². The van der Waals surface area contributed by atoms with Gasteiger partial charge in [0.05, 0.1) is 6.61 Å². The van der Waals surface area contributed by atoms with Crippen LogP contribution in [0, 0.1) is 5.41 Å². The number of rotatable bonds is 11. The lowest BCUT2D eigenvalue weighted by molar-refractivity contribution is 0.331. The molecule has 0 fully saturated rings. The molecule has 0 spiro atoms. The monoisotopic (exact) mass is 484 g/mol. The van der Waals surface area contributed by atoms with Crippen molar-refractivity contribution in [3.05, 3.63) is 130 Å². The average Bonchev–Trinajstić information content (AvgIpc) is 2.81. The molecule has 0 radical (unpaired) electrons. The largest absolute Gasteiger partial charge is 0.392 e. The molecule has 0 heterocycles. The average molecular weight is 485 g/mol. The van der Waals surface area contributed by atoms with Crippen LogP contribution in [0.2, 0.25) is 0 Å². The van der Waals surface area contributed by atoms with Crippen LogP contribution in [0.3, 0.4) is 0 Å². The zero-order chi connectivity index (χ0) is 27.0. The molecule has 1 rings (SSSR count). The second-order valence-corrected chi connectivity index (χ2v) is 10.5. The Morgan fingerprint density at radius 3 is 1.61 bits per heavy atom. The van der Waals surface area contributed by atoms with Crippen molar-refractivity contribution in [2.75, 3.05) is 6.61 Å². The molecular formula is C35H48O. The quantitative estimate of drug-likeness (QED) is 0.289. The highest BCUT2D eigenvalue weighted by Gasteiger charge is 2.26. The minimum Gasteiger partial charge on any atom is -0.392 e. The zero-order valence-corrected chi connectivity index (χ0v) is 23.9. The van der Waals surface area contributed by atoms with Gasteiger partial charge in [-0.3, -0.25) is 0 Å². The van der Waals surface area contributed by atoms with Gasteiger partial charge in [0.15, 0.2) is 0 Å². The summed E-state index contributed by atoms with van der Waals surface area (Å²) in [4.78, 5) is 0. The Kier molecular flexibility index (Phi) is 14.5. The van der Waals surface area contributed by atoms with E-state index in [2.05, 4.69) is 121 Å². The molecule has 0 aromatic carbocycles. The Morgan fingerprint density at radius 2 is 1.14 bits per heavy atom. The molecule has 0 aromatic rings. The van der Waals surface area contributed by atoms with Gasteiger partial charge in [-0.15, -0.1) is 0 Å². The van der Waals surface area contributed by atoms with E-state index in [-0.39, 0.29) is 12.0 Å². The predicted octanol–water partition coefficient (Wildman–Crippen LogP) is 10.0. The molecule has 0 atom stereocenters. The van der Waals surface area contributed by atoms with Crippen LogP contribution < -0.4 is 0 Å². The van der Waals surface area contributed by atoms with Gasteiger partial charge in [0, 0.05) is 0 Å². The smallest absolute Gasteiger partial charge is 0.0642 e. The summed E-state index contributed by atoms with van der Waals surface area (Å²) in [6.45, 7) is 17.5. The van der Waals surface area contributed by atoms with E-state index in [1.165, 1.54) is 47.1 Å². The van der Waals surface area contributed by atoms with E-state index < -0.39 is 0 Å². The van der Waals surface area contributed by atoms with Crippen LogP contribution in [0.4, 0.5) is 0 Å². The molecule has 0 amide bonds. The molecule has 1 N–H and O–H groups in total. The summed E-state index contributed by atoms with van der Waals surface area (Å²) in [6.07, 6.45) is 35.4. The number of aliphatic hydroxyl groups excluding tert-OH is 1. The summed E-state index contributed by atoms with van der Waals surface area (Å²) in [6, 6.07) is 0. The molecular weight excluding hydrogens is 436 g/mol. The second-order valence-electron chi connectivity index (χ2n) is 10.5. The number of allylic oxidation sites excluding steroid dienone is 21. The molecule has 194 valence electrons. The fourth-order valence-electron chi connectivity index (χ4n) is 3.98. The second kappa shape index (κ2) is 16.7. The van der Waals surface area contributed by atoms with E-state index >= 15 is 0 Å². The summed E-state index contributed by atoms with van der Waals surface area (Å²) in [5.41, 5.74) is 9.11. The molecule has 1 nitrogen and oxygen atoms in total. The molecule has 1 aliphatic rings. The van der Waals surface area contributed by atoms with Gasteiger partial charge >= 0.3 is 0 Å². The first-order valence-corrected chi connectivity index (χ1v) is 13.1. The maximum absolute atomic E-state index is 9.00. The van der Waals surface area contributed by atoms with Gasteiger partial charge in [-0.2, -0.15) is 0 Å². The van der Waals surface area contributed by atoms with E-state index in [0.29, 0.717) is 0 Å². The van der Waals surface area contributed by atoms with Crippen molar-refractivity contribution in [2.24, 2.45) is 5.41 Å². The number of hydrogen-bond donors (Lipinski definition) is 1. The van der Waals surface area contributed by atoms with Crippen LogP contribution in [0.1, 0.15) is 74.7 Å². The summed E-state index contributed by atoms with van der Waals surface area (Å²) in [5.74, 6) is 0. The van der Waals surface area contributed by atoms with Crippen molar-refractivity contribution >= 4 is 0 Å². The van der Waals surface area contributed by atoms with Crippen LogP contribution in [-0.4, -0.2) is 11.7 Å². The number of aliphatic hydroxyl groups is 1. The molecule has 0 unspecified atom stereocenters. The Bertz CT molecular complexity index is 1050. The van der Waals surface area contributed by atoms with Gasteiger partial charge in [0.2, 0.25) is 0 Å². The van der Waals surface area contributed by atoms with E-state index in [4.69, 9.17) is 5.11 Å². The lowest BCUT2D eigenvalue weighted by atomic mass is 9.72. The molecule has 0 bridgehead atoms. The summed E-state index contributed by atoms with van der Waals surface area (Å²) >= 11 is 0. The first-order chi connectivity index (χ1) is 17.0. The fourth-order valence-corrected chi connectivity index (χ4v) is 3.98. The molecule has 1 aliphatic carbocycles. The first kappa shape index (κ1) is 31.1. The van der Waals surface area contributed by atoms with E-state index in [1.54, 1.807) is 0 Å². The summed E-state index contributed by atoms with van der Waals surface area (Å²) in [5, 5.41) is 9.00. The Hall–Kier alpha value is -2.90. The molecule has 0 saturated carbocycles. The summed E-state index contributed by atoms with van der Waals surface area (Å²) in [7, 11) is 0. The lowest BCUT2D eigenvalue weighted by Crippen LogP contribution is -2.19. The highest BCUT2D eigenvalue weighted by Crippen LogP contribution is 2.40. The Balaban J connectivity index is 2.62. The Morgan fingerprint density at radius 1 is 0.694 bits per heavy atom. The molecule has 36 heavy (non-hydrogen) atoms. The predicted molar refractivity (Wildman–Crippen MR) is 162 cm³/mol. The maximum Gasteiger partial charge on any atom is 0.0642 e. The molecule has 1 heteroatoms. The first-order valence-electron chi connectivity index (χ1n) is 13.1. The highest BCUT2D eigenvalue weighted by atomic mass is 16.3. The van der Waals surface area contributed by atoms with E-state index in [1.807, 2.05) is 25.2 Å². The van der Waals surface area contributed by atoms with Crippen LogP contribution >= 0.6 is 0 Å². The van der Waals surface area contributed by atoms with Crippen LogP contribution in [0.15, 0.2) is 130 Å². The van der Waals surface area contributed by atoms with Gasteiger partial charge in [-0.1, -0.05) is 133 Å². The van der Waals surface area contributed by atoms with E-state index in [9.17, 15) is 0 Å². The van der Waals surface area contributed by atoms with Gasteiger partial charge < -0.3 is 5.11 Å². The highest BCUT2D eigenvalue weighted by molar-refractivity contribution is 5.37. The van der Waals surface area contributed by atoms with Crippen molar-refractivity contribution in [3.8, 4) is 0 Å². The fraction of sp³-hybridized carbons (Fsp3) is 0.371. The molecule has 0 aromatic heterocycles. The van der Waals surface area contributed by atoms with Crippen molar-refractivity contribution < 1.29 is 5.11 Å². The van der Waals surface area contributed by atoms with Gasteiger partial charge in [0.1, 0.15) is 0 Å². The Labute approximate surface area is 221 Å². The summed E-state index contributed by atoms with van der Waals surface area (Å²) < 4.78 is 0. The third-order valence-electron chi connectivity index (χ3n) is 6.31. The van der Waals surface area contributed by atoms with E-state index in [0.717, 1.165) is 11.1 Å². The molecule has 0 saturated heterocycles. The molecule has 0 aliphatic heterocycles. The van der Waals surface area contributed by atoms with Crippen molar-refractivity contribution in [2.45, 2.75) is 74.7 Å². The maximum atomic E-state index is 9.00. The van der Waals surface area contributed by atoms with Crippen LogP contribution in [0.5, 0.6) is 0 Å². The minimum absolute atomic E-state index is 0.0982. The third-order valence-corrected chi connectivity index (χ3v) is 6.31. The lowest BCUT2D eigenvalue weighted by Gasteiger charge is -2.32. The standard InChI is InChI=1S/C35H48O/c1-28(17-11-19-30(3)20-13-22-32(5)27-36)15-9-10-16-29(2)18-12-21-31(4)24-25-34-33(6)23-14-26-35(34,7)8/h9-13,15-22,24-25,36H,14,23,26-27H2,1-8H3/b10-9+,17-11+,18-12+,20-13+,25-24+,28-15+,29-16+,30-19+,31-21+,32-22+. The number of hydrogen-bond acceptors (Lipinski definition) is 1. The third kappa shape index (κ3) is 13.3. The minimum atomic E-state index is 0.0982. The van der Waals surface area contributed by atoms with Crippen molar-refractivity contribution in [3.63, 3.8) is 0 Å². The van der Waals surface area contributed by atoms with Crippen molar-refractivity contribution in [1.82, 2.24) is 0 Å². The van der Waals surface area contributed by atoms with Gasteiger partial charge in [-0.05, 0) is 77.4 Å². The topological polar surface area (TPSA) is 20.2 Å². The normalized spacial score (nSPS) is 19.4. The zero-order valence-electron chi connectivity index (χ0n) is 23.9. The van der Waals surface area contributed by atoms with Crippen LogP contribution in [-0.2, 0) is 0 Å². The van der Waals surface area contributed by atoms with Gasteiger partial charge in [-0.25, -0.2) is 0 Å². The van der Waals surface area contributed by atoms with Gasteiger partial charge in [0.25, 0.3) is 0 Å².